The normalized spacial score (nSPS) is 20.6. The van der Waals surface area contributed by atoms with Crippen LogP contribution in [0, 0.1) is 5.82 Å². The van der Waals surface area contributed by atoms with Gasteiger partial charge in [-0.05, 0) is 45.3 Å². The van der Waals surface area contributed by atoms with Crippen molar-refractivity contribution in [3.8, 4) is 0 Å². The van der Waals surface area contributed by atoms with Crippen LogP contribution in [0.3, 0.4) is 0 Å². The summed E-state index contributed by atoms with van der Waals surface area (Å²) in [6.45, 7) is 7.76. The summed E-state index contributed by atoms with van der Waals surface area (Å²) in [7, 11) is -3.02. The minimum atomic E-state index is -2.40. The molecule has 4 nitrogen and oxygen atoms in total. The van der Waals surface area contributed by atoms with Crippen LogP contribution in [0.15, 0.2) is 22.6 Å². The summed E-state index contributed by atoms with van der Waals surface area (Å²) in [6.07, 6.45) is 2.93. The van der Waals surface area contributed by atoms with Crippen LogP contribution >= 0.6 is 0 Å². The Morgan fingerprint density at radius 1 is 1.14 bits per heavy atom. The molecule has 0 unspecified atom stereocenters. The first-order valence-corrected chi connectivity index (χ1v) is 9.07. The van der Waals surface area contributed by atoms with E-state index in [4.69, 9.17) is 9.31 Å². The van der Waals surface area contributed by atoms with Gasteiger partial charge >= 0.3 is 7.12 Å². The van der Waals surface area contributed by atoms with E-state index < -0.39 is 33.9 Å². The van der Waals surface area contributed by atoms with Crippen LogP contribution in [0.1, 0.15) is 27.7 Å². The predicted octanol–water partition coefficient (Wildman–Crippen LogP) is 2.48. The molecule has 0 atom stereocenters. The lowest BCUT2D eigenvalue weighted by molar-refractivity contribution is 0.00578. The zero-order valence-electron chi connectivity index (χ0n) is 13.3. The zero-order valence-corrected chi connectivity index (χ0v) is 14.1. The molecule has 0 saturated carbocycles. The van der Waals surface area contributed by atoms with E-state index in [9.17, 15) is 8.60 Å². The van der Waals surface area contributed by atoms with Crippen molar-refractivity contribution >= 4 is 28.0 Å². The quantitative estimate of drug-likeness (QED) is 0.788. The van der Waals surface area contributed by atoms with E-state index in [1.54, 1.807) is 6.07 Å². The minimum absolute atomic E-state index is 0.0882. The summed E-state index contributed by atoms with van der Waals surface area (Å²) in [4.78, 5) is 0. The third-order valence-electron chi connectivity index (χ3n) is 3.82. The summed E-state index contributed by atoms with van der Waals surface area (Å²) in [5.41, 5.74) is -0.273. The number of nitrogens with zero attached hydrogens (tertiary/aromatic N) is 1. The van der Waals surface area contributed by atoms with Crippen LogP contribution in [-0.2, 0) is 19.0 Å². The Morgan fingerprint density at radius 2 is 1.67 bits per heavy atom. The van der Waals surface area contributed by atoms with Crippen molar-refractivity contribution < 1.29 is 17.9 Å². The standard InChI is InChI=1S/C14H21BFNO3S/c1-13(2)14(3,4)20-15(19-13)10-7-8-12(11(16)9-10)17-21(5,6)18/h7-9H,1-6H3. The van der Waals surface area contributed by atoms with Gasteiger partial charge in [-0.15, -0.1) is 0 Å². The van der Waals surface area contributed by atoms with E-state index in [2.05, 4.69) is 4.36 Å². The van der Waals surface area contributed by atoms with Crippen LogP contribution < -0.4 is 5.46 Å². The highest BCUT2D eigenvalue weighted by atomic mass is 32.2. The number of halogens is 1. The third kappa shape index (κ3) is 3.47. The minimum Gasteiger partial charge on any atom is -0.399 e. The van der Waals surface area contributed by atoms with E-state index in [0.717, 1.165) is 0 Å². The summed E-state index contributed by atoms with van der Waals surface area (Å²) in [6, 6.07) is 4.52. The Bertz CT molecular complexity index is 657. The van der Waals surface area contributed by atoms with E-state index in [-0.39, 0.29) is 5.69 Å². The molecule has 0 amide bonds. The highest BCUT2D eigenvalue weighted by Gasteiger charge is 2.51. The molecule has 1 fully saturated rings. The lowest BCUT2D eigenvalue weighted by Crippen LogP contribution is -2.41. The maximum absolute atomic E-state index is 14.1. The highest BCUT2D eigenvalue weighted by molar-refractivity contribution is 7.92. The summed E-state index contributed by atoms with van der Waals surface area (Å²) in [5, 5.41) is 0. The lowest BCUT2D eigenvalue weighted by atomic mass is 9.79. The predicted molar refractivity (Wildman–Crippen MR) is 84.2 cm³/mol. The molecule has 0 aliphatic carbocycles. The van der Waals surface area contributed by atoms with Crippen molar-refractivity contribution in [2.45, 2.75) is 38.9 Å². The molecule has 1 aliphatic heterocycles. The van der Waals surface area contributed by atoms with Crippen molar-refractivity contribution in [2.24, 2.45) is 4.36 Å². The van der Waals surface area contributed by atoms with Gasteiger partial charge in [0.25, 0.3) is 0 Å². The highest BCUT2D eigenvalue weighted by Crippen LogP contribution is 2.36. The second kappa shape index (κ2) is 5.07. The molecule has 0 N–H and O–H groups in total. The van der Waals surface area contributed by atoms with Gasteiger partial charge in [0.1, 0.15) is 11.5 Å². The van der Waals surface area contributed by atoms with E-state index in [1.807, 2.05) is 27.7 Å². The van der Waals surface area contributed by atoms with Crippen molar-refractivity contribution in [3.05, 3.63) is 24.0 Å². The summed E-state index contributed by atoms with van der Waals surface area (Å²) < 4.78 is 41.4. The summed E-state index contributed by atoms with van der Waals surface area (Å²) >= 11 is 0. The molecule has 0 radical (unpaired) electrons. The van der Waals surface area contributed by atoms with Crippen LogP contribution in [0.2, 0.25) is 0 Å². The Morgan fingerprint density at radius 3 is 2.10 bits per heavy atom. The molecular weight excluding hydrogens is 292 g/mol. The van der Waals surface area contributed by atoms with E-state index >= 15 is 0 Å². The molecule has 2 rings (SSSR count). The van der Waals surface area contributed by atoms with Gasteiger partial charge in [0, 0.05) is 22.2 Å². The second-order valence-electron chi connectivity index (χ2n) is 6.57. The molecular formula is C14H21BFNO3S. The Kier molecular flexibility index (Phi) is 3.97. The molecule has 1 aromatic carbocycles. The van der Waals surface area contributed by atoms with Gasteiger partial charge < -0.3 is 9.31 Å². The van der Waals surface area contributed by atoms with Crippen molar-refractivity contribution in [1.29, 1.82) is 0 Å². The van der Waals surface area contributed by atoms with Crippen molar-refractivity contribution in [2.75, 3.05) is 12.5 Å². The average molecular weight is 313 g/mol. The Hall–Kier alpha value is -0.915. The monoisotopic (exact) mass is 313 g/mol. The first-order chi connectivity index (χ1) is 9.41. The molecule has 1 saturated heterocycles. The SMILES string of the molecule is CC1(C)OB(c2ccc(N=S(C)(C)=O)c(F)c2)OC1(C)C. The summed E-state index contributed by atoms with van der Waals surface area (Å²) in [5.74, 6) is -0.529. The number of hydrogen-bond donors (Lipinski definition) is 0. The van der Waals surface area contributed by atoms with Gasteiger partial charge in [-0.3, -0.25) is 0 Å². The van der Waals surface area contributed by atoms with E-state index in [0.29, 0.717) is 5.46 Å². The van der Waals surface area contributed by atoms with Gasteiger partial charge in [-0.25, -0.2) is 8.60 Å². The Balaban J connectivity index is 2.33. The molecule has 7 heteroatoms. The van der Waals surface area contributed by atoms with Crippen molar-refractivity contribution in [3.63, 3.8) is 0 Å². The smallest absolute Gasteiger partial charge is 0.399 e. The van der Waals surface area contributed by atoms with Gasteiger partial charge in [0.2, 0.25) is 0 Å². The largest absolute Gasteiger partial charge is 0.494 e. The maximum atomic E-state index is 14.1. The first-order valence-electron chi connectivity index (χ1n) is 6.73. The lowest BCUT2D eigenvalue weighted by Gasteiger charge is -2.32. The fourth-order valence-corrected chi connectivity index (χ4v) is 2.58. The first kappa shape index (κ1) is 16.5. The Labute approximate surface area is 126 Å². The second-order valence-corrected chi connectivity index (χ2v) is 9.12. The van der Waals surface area contributed by atoms with Crippen LogP contribution in [0.5, 0.6) is 0 Å². The zero-order chi connectivity index (χ0) is 16.1. The number of hydrogen-bond acceptors (Lipinski definition) is 4. The average Bonchev–Trinajstić information content (AvgIpc) is 2.49. The van der Waals surface area contributed by atoms with E-state index in [1.165, 1.54) is 24.6 Å². The van der Waals surface area contributed by atoms with Gasteiger partial charge in [0.15, 0.2) is 0 Å². The molecule has 0 bridgehead atoms. The molecule has 0 aromatic heterocycles. The van der Waals surface area contributed by atoms with Gasteiger partial charge in [-0.1, -0.05) is 6.07 Å². The van der Waals surface area contributed by atoms with Crippen LogP contribution in [0.25, 0.3) is 0 Å². The number of rotatable bonds is 2. The molecule has 1 heterocycles. The van der Waals surface area contributed by atoms with Crippen LogP contribution in [0.4, 0.5) is 10.1 Å². The molecule has 0 spiro atoms. The molecule has 116 valence electrons. The fourth-order valence-electron chi connectivity index (χ4n) is 1.96. The fraction of sp³-hybridized carbons (Fsp3) is 0.571. The van der Waals surface area contributed by atoms with Gasteiger partial charge in [0.05, 0.1) is 11.2 Å². The molecule has 21 heavy (non-hydrogen) atoms. The third-order valence-corrected chi connectivity index (χ3v) is 4.45. The topological polar surface area (TPSA) is 47.9 Å². The molecule has 1 aliphatic rings. The van der Waals surface area contributed by atoms with Gasteiger partial charge in [-0.2, -0.15) is 4.36 Å². The van der Waals surface area contributed by atoms with Crippen molar-refractivity contribution in [1.82, 2.24) is 0 Å². The van der Waals surface area contributed by atoms with Crippen LogP contribution in [-0.4, -0.2) is 35.0 Å². The number of benzene rings is 1. The maximum Gasteiger partial charge on any atom is 0.494 e. The molecule has 1 aromatic rings.